The van der Waals surface area contributed by atoms with E-state index < -0.39 is 10.0 Å². The quantitative estimate of drug-likeness (QED) is 0.732. The summed E-state index contributed by atoms with van der Waals surface area (Å²) < 4.78 is 28.1. The third-order valence-electron chi connectivity index (χ3n) is 5.05. The van der Waals surface area contributed by atoms with Crippen LogP contribution in [0.2, 0.25) is 0 Å². The van der Waals surface area contributed by atoms with E-state index in [9.17, 15) is 13.2 Å². The Kier molecular flexibility index (Phi) is 3.58. The normalized spacial score (nSPS) is 23.2. The van der Waals surface area contributed by atoms with Crippen molar-refractivity contribution >= 4 is 10.0 Å². The van der Waals surface area contributed by atoms with E-state index in [1.165, 1.54) is 0 Å². The first-order valence-corrected chi connectivity index (χ1v) is 9.76. The van der Waals surface area contributed by atoms with Crippen molar-refractivity contribution in [3.05, 3.63) is 27.4 Å². The number of aromatic nitrogens is 2. The zero-order chi connectivity index (χ0) is 16.2. The molecule has 8 heteroatoms. The molecule has 0 saturated heterocycles. The first-order valence-electron chi connectivity index (χ1n) is 8.26. The highest BCUT2D eigenvalue weighted by Crippen LogP contribution is 2.31. The summed E-state index contributed by atoms with van der Waals surface area (Å²) in [7, 11) is -1.19. The molecule has 0 amide bonds. The average Bonchev–Trinajstić information content (AvgIpc) is 3.35. The molecule has 3 aliphatic rings. The molecule has 7 nitrogen and oxygen atoms in total. The number of hydrogen-bond donors (Lipinski definition) is 0. The van der Waals surface area contributed by atoms with Crippen molar-refractivity contribution < 1.29 is 8.42 Å². The smallest absolute Gasteiger partial charge is 0.258 e. The lowest BCUT2D eigenvalue weighted by Gasteiger charge is -2.25. The maximum Gasteiger partial charge on any atom is 0.258 e. The van der Waals surface area contributed by atoms with Gasteiger partial charge in [0.15, 0.2) is 0 Å². The summed E-state index contributed by atoms with van der Waals surface area (Å²) in [4.78, 5) is 19.6. The van der Waals surface area contributed by atoms with Crippen LogP contribution < -0.4 is 5.56 Å². The fourth-order valence-corrected chi connectivity index (χ4v) is 5.33. The van der Waals surface area contributed by atoms with Crippen molar-refractivity contribution in [3.63, 3.8) is 0 Å². The van der Waals surface area contributed by atoms with Crippen LogP contribution in [0.4, 0.5) is 0 Å². The Labute approximate surface area is 136 Å². The van der Waals surface area contributed by atoms with Crippen molar-refractivity contribution in [2.45, 2.75) is 44.0 Å². The summed E-state index contributed by atoms with van der Waals surface area (Å²) in [5, 5.41) is -0.199. The molecular formula is C15H22N4O3S. The van der Waals surface area contributed by atoms with Gasteiger partial charge in [-0.1, -0.05) is 0 Å². The molecule has 1 aromatic heterocycles. The Morgan fingerprint density at radius 1 is 1.09 bits per heavy atom. The number of nitrogens with zero attached hydrogens (tertiary/aromatic N) is 4. The number of hydrogen-bond acceptors (Lipinski definition) is 5. The Hall–Kier alpha value is -1.25. The maximum atomic E-state index is 12.8. The number of fused-ring (bicyclic) bond motifs is 2. The molecular weight excluding hydrogens is 316 g/mol. The van der Waals surface area contributed by atoms with E-state index in [0.29, 0.717) is 32.6 Å². The maximum absolute atomic E-state index is 12.8. The van der Waals surface area contributed by atoms with Gasteiger partial charge in [-0.3, -0.25) is 9.36 Å². The minimum atomic E-state index is -3.19. The predicted molar refractivity (Wildman–Crippen MR) is 85.8 cm³/mol. The molecule has 0 N–H and O–H groups in total. The molecule has 23 heavy (non-hydrogen) atoms. The minimum absolute atomic E-state index is 0.0159. The number of sulfonamides is 1. The molecule has 0 unspecified atom stereocenters. The Morgan fingerprint density at radius 3 is 2.61 bits per heavy atom. The van der Waals surface area contributed by atoms with Gasteiger partial charge in [0.25, 0.3) is 5.56 Å². The zero-order valence-electron chi connectivity index (χ0n) is 13.4. The minimum Gasteiger partial charge on any atom is -0.301 e. The molecule has 0 atom stereocenters. The van der Waals surface area contributed by atoms with Crippen LogP contribution in [0.5, 0.6) is 0 Å². The second kappa shape index (κ2) is 5.39. The molecule has 1 fully saturated rings. The van der Waals surface area contributed by atoms with E-state index in [1.54, 1.807) is 8.87 Å². The van der Waals surface area contributed by atoms with Crippen LogP contribution in [-0.4, -0.2) is 59.1 Å². The van der Waals surface area contributed by atoms with E-state index in [-0.39, 0.29) is 10.8 Å². The Balaban J connectivity index is 1.67. The van der Waals surface area contributed by atoms with Crippen molar-refractivity contribution in [2.75, 3.05) is 26.7 Å². The van der Waals surface area contributed by atoms with Crippen molar-refractivity contribution in [1.82, 2.24) is 18.8 Å². The molecule has 0 spiro atoms. The summed E-state index contributed by atoms with van der Waals surface area (Å²) >= 11 is 0. The van der Waals surface area contributed by atoms with E-state index >= 15 is 0 Å². The molecule has 1 aliphatic carbocycles. The largest absolute Gasteiger partial charge is 0.301 e. The zero-order valence-corrected chi connectivity index (χ0v) is 14.2. The fraction of sp³-hybridized carbons (Fsp3) is 0.733. The standard InChI is InChI=1S/C15H22N4O3S/c1-17-6-4-13-12(10-17)15(20)19-9-8-18(7-5-14(19)16-13)23(21,22)11-2-3-11/h11H,2-10H2,1H3. The summed E-state index contributed by atoms with van der Waals surface area (Å²) in [5.74, 6) is 0.742. The first kappa shape index (κ1) is 15.3. The highest BCUT2D eigenvalue weighted by molar-refractivity contribution is 7.90. The molecule has 0 radical (unpaired) electrons. The number of likely N-dealkylation sites (N-methyl/N-ethyl adjacent to an activating group) is 1. The highest BCUT2D eigenvalue weighted by atomic mass is 32.2. The van der Waals surface area contributed by atoms with Gasteiger partial charge >= 0.3 is 0 Å². The first-order chi connectivity index (χ1) is 11.0. The lowest BCUT2D eigenvalue weighted by Crippen LogP contribution is -2.38. The van der Waals surface area contributed by atoms with Crippen molar-refractivity contribution in [3.8, 4) is 0 Å². The third-order valence-corrected chi connectivity index (χ3v) is 7.45. The van der Waals surface area contributed by atoms with Gasteiger partial charge < -0.3 is 4.90 Å². The van der Waals surface area contributed by atoms with Crippen LogP contribution in [-0.2, 0) is 36.0 Å². The monoisotopic (exact) mass is 338 g/mol. The van der Waals surface area contributed by atoms with Crippen LogP contribution >= 0.6 is 0 Å². The molecule has 126 valence electrons. The molecule has 0 bridgehead atoms. The third kappa shape index (κ3) is 2.62. The number of rotatable bonds is 2. The van der Waals surface area contributed by atoms with Crippen molar-refractivity contribution in [2.24, 2.45) is 0 Å². The van der Waals surface area contributed by atoms with Crippen LogP contribution in [0.15, 0.2) is 4.79 Å². The highest BCUT2D eigenvalue weighted by Gasteiger charge is 2.40. The van der Waals surface area contributed by atoms with Gasteiger partial charge in [-0.2, -0.15) is 4.31 Å². The molecule has 0 aromatic carbocycles. The molecule has 1 saturated carbocycles. The summed E-state index contributed by atoms with van der Waals surface area (Å²) in [6.45, 7) is 2.76. The van der Waals surface area contributed by atoms with Gasteiger partial charge in [0, 0.05) is 45.6 Å². The van der Waals surface area contributed by atoms with Crippen LogP contribution in [0.25, 0.3) is 0 Å². The summed E-state index contributed by atoms with van der Waals surface area (Å²) in [6, 6.07) is 0. The SMILES string of the molecule is CN1CCc2nc3n(c(=O)c2C1)CCN(S(=O)(=O)C1CC1)CC3. The van der Waals surface area contributed by atoms with E-state index in [4.69, 9.17) is 4.98 Å². The van der Waals surface area contributed by atoms with E-state index in [0.717, 1.165) is 42.9 Å². The lowest BCUT2D eigenvalue weighted by molar-refractivity contribution is 0.305. The molecule has 3 heterocycles. The fourth-order valence-electron chi connectivity index (χ4n) is 3.50. The second-order valence-electron chi connectivity index (χ2n) is 6.79. The van der Waals surface area contributed by atoms with Gasteiger partial charge in [0.1, 0.15) is 5.82 Å². The molecule has 2 aliphatic heterocycles. The Bertz CT molecular complexity index is 798. The topological polar surface area (TPSA) is 75.5 Å². The predicted octanol–water partition coefficient (Wildman–Crippen LogP) is -0.418. The Morgan fingerprint density at radius 2 is 1.87 bits per heavy atom. The van der Waals surface area contributed by atoms with E-state index in [1.807, 2.05) is 7.05 Å². The van der Waals surface area contributed by atoms with E-state index in [2.05, 4.69) is 4.90 Å². The molecule has 4 rings (SSSR count). The van der Waals surface area contributed by atoms with Crippen LogP contribution in [0, 0.1) is 0 Å². The van der Waals surface area contributed by atoms with Crippen LogP contribution in [0.3, 0.4) is 0 Å². The van der Waals surface area contributed by atoms with Gasteiger partial charge in [-0.25, -0.2) is 13.4 Å². The van der Waals surface area contributed by atoms with Gasteiger partial charge in [0.2, 0.25) is 10.0 Å². The van der Waals surface area contributed by atoms with Gasteiger partial charge in [0.05, 0.1) is 16.5 Å². The van der Waals surface area contributed by atoms with Gasteiger partial charge in [-0.15, -0.1) is 0 Å². The summed E-state index contributed by atoms with van der Waals surface area (Å²) in [6.07, 6.45) is 2.85. The summed E-state index contributed by atoms with van der Waals surface area (Å²) in [5.41, 5.74) is 1.70. The average molecular weight is 338 g/mol. The van der Waals surface area contributed by atoms with Crippen LogP contribution in [0.1, 0.15) is 29.9 Å². The van der Waals surface area contributed by atoms with Crippen molar-refractivity contribution in [1.29, 1.82) is 0 Å². The lowest BCUT2D eigenvalue weighted by atomic mass is 10.1. The molecule has 1 aromatic rings. The second-order valence-corrected chi connectivity index (χ2v) is 9.00. The van der Waals surface area contributed by atoms with Gasteiger partial charge in [-0.05, 0) is 19.9 Å².